The molecule has 1 aromatic carbocycles. The zero-order chi connectivity index (χ0) is 12.8. The fourth-order valence-electron chi connectivity index (χ4n) is 2.00. The van der Waals surface area contributed by atoms with E-state index in [9.17, 15) is 9.59 Å². The number of nitrogens with one attached hydrogen (secondary N) is 1. The summed E-state index contributed by atoms with van der Waals surface area (Å²) < 4.78 is 5.27. The second-order valence-corrected chi connectivity index (χ2v) is 4.51. The van der Waals surface area contributed by atoms with Crippen LogP contribution in [0.15, 0.2) is 24.3 Å². The Labute approximate surface area is 106 Å². The highest BCUT2D eigenvalue weighted by Crippen LogP contribution is 2.13. The van der Waals surface area contributed by atoms with Gasteiger partial charge in [0.25, 0.3) is 5.91 Å². The molecule has 0 saturated carbocycles. The zero-order valence-corrected chi connectivity index (χ0v) is 10.2. The Morgan fingerprint density at radius 3 is 2.56 bits per heavy atom. The summed E-state index contributed by atoms with van der Waals surface area (Å²) in [6, 6.07) is 6.64. The van der Waals surface area contributed by atoms with Crippen molar-refractivity contribution in [3.63, 3.8) is 0 Å². The minimum atomic E-state index is -0.0843. The second-order valence-electron chi connectivity index (χ2n) is 4.51. The molecule has 96 valence electrons. The Morgan fingerprint density at radius 2 is 1.94 bits per heavy atom. The van der Waals surface area contributed by atoms with Gasteiger partial charge in [0.05, 0.1) is 0 Å². The summed E-state index contributed by atoms with van der Waals surface area (Å²) in [4.78, 5) is 22.4. The lowest BCUT2D eigenvalue weighted by Gasteiger charge is -2.22. The highest BCUT2D eigenvalue weighted by Gasteiger charge is 2.15. The number of amides is 1. The lowest BCUT2D eigenvalue weighted by atomic mass is 10.0. The van der Waals surface area contributed by atoms with Crippen molar-refractivity contribution in [2.24, 2.45) is 5.92 Å². The Bertz CT molecular complexity index is 408. The minimum Gasteiger partial charge on any atom is -0.381 e. The number of benzene rings is 1. The summed E-state index contributed by atoms with van der Waals surface area (Å²) in [7, 11) is 0. The van der Waals surface area contributed by atoms with Gasteiger partial charge in [-0.1, -0.05) is 12.1 Å². The third-order valence-corrected chi connectivity index (χ3v) is 3.20. The van der Waals surface area contributed by atoms with Crippen molar-refractivity contribution < 1.29 is 14.3 Å². The van der Waals surface area contributed by atoms with Gasteiger partial charge in [-0.25, -0.2) is 0 Å². The first-order valence-corrected chi connectivity index (χ1v) is 6.21. The van der Waals surface area contributed by atoms with Gasteiger partial charge in [0.15, 0.2) is 0 Å². The minimum absolute atomic E-state index is 0.0843. The molecule has 0 radical (unpaired) electrons. The van der Waals surface area contributed by atoms with Crippen LogP contribution in [0.3, 0.4) is 0 Å². The van der Waals surface area contributed by atoms with E-state index in [2.05, 4.69) is 5.32 Å². The van der Waals surface area contributed by atoms with Crippen LogP contribution in [0.1, 0.15) is 33.6 Å². The maximum Gasteiger partial charge on any atom is 0.251 e. The molecule has 1 fully saturated rings. The summed E-state index contributed by atoms with van der Waals surface area (Å²) >= 11 is 0. The number of hydrogen-bond donors (Lipinski definition) is 1. The molecule has 1 aliphatic rings. The van der Waals surface area contributed by atoms with Crippen LogP contribution in [-0.2, 0) is 4.74 Å². The van der Waals surface area contributed by atoms with Crippen LogP contribution >= 0.6 is 0 Å². The molecule has 1 heterocycles. The number of hydrogen-bond acceptors (Lipinski definition) is 3. The molecule has 18 heavy (non-hydrogen) atoms. The largest absolute Gasteiger partial charge is 0.381 e. The maximum atomic E-state index is 11.9. The number of rotatable bonds is 4. The van der Waals surface area contributed by atoms with Crippen LogP contribution in [0.4, 0.5) is 0 Å². The first kappa shape index (κ1) is 12.8. The van der Waals surface area contributed by atoms with Crippen LogP contribution in [0.25, 0.3) is 0 Å². The molecular weight excluding hydrogens is 230 g/mol. The van der Waals surface area contributed by atoms with E-state index in [1.807, 2.05) is 0 Å². The number of ether oxygens (including phenoxy) is 1. The predicted octanol–water partition coefficient (Wildman–Crippen LogP) is 1.66. The van der Waals surface area contributed by atoms with Gasteiger partial charge in [-0.05, 0) is 30.9 Å². The van der Waals surface area contributed by atoms with Gasteiger partial charge in [-0.15, -0.1) is 0 Å². The average molecular weight is 247 g/mol. The first-order chi connectivity index (χ1) is 8.79. The van der Waals surface area contributed by atoms with Gasteiger partial charge >= 0.3 is 0 Å². The molecule has 1 aromatic rings. The van der Waals surface area contributed by atoms with Gasteiger partial charge in [0, 0.05) is 30.9 Å². The fraction of sp³-hybridized carbons (Fsp3) is 0.429. The molecule has 0 spiro atoms. The molecule has 0 aromatic heterocycles. The third-order valence-electron chi connectivity index (χ3n) is 3.20. The van der Waals surface area contributed by atoms with Crippen molar-refractivity contribution in [2.75, 3.05) is 19.8 Å². The van der Waals surface area contributed by atoms with Crippen molar-refractivity contribution in [2.45, 2.75) is 12.8 Å². The molecule has 0 atom stereocenters. The fourth-order valence-corrected chi connectivity index (χ4v) is 2.00. The molecule has 0 unspecified atom stereocenters. The predicted molar refractivity (Wildman–Crippen MR) is 67.7 cm³/mol. The highest BCUT2D eigenvalue weighted by molar-refractivity contribution is 5.94. The van der Waals surface area contributed by atoms with Gasteiger partial charge in [0.2, 0.25) is 0 Å². The van der Waals surface area contributed by atoms with E-state index in [1.54, 1.807) is 24.3 Å². The molecule has 1 N–H and O–H groups in total. The highest BCUT2D eigenvalue weighted by atomic mass is 16.5. The summed E-state index contributed by atoms with van der Waals surface area (Å²) in [6.07, 6.45) is 2.78. The van der Waals surface area contributed by atoms with Crippen LogP contribution < -0.4 is 5.32 Å². The Kier molecular flexibility index (Phi) is 4.47. The van der Waals surface area contributed by atoms with Crippen molar-refractivity contribution in [1.82, 2.24) is 5.32 Å². The van der Waals surface area contributed by atoms with Crippen LogP contribution in [0, 0.1) is 5.92 Å². The third kappa shape index (κ3) is 3.40. The standard InChI is InChI=1S/C14H17NO3/c16-10-12-1-3-13(4-2-12)14(17)15-9-11-5-7-18-8-6-11/h1-4,10-11H,5-9H2,(H,15,17). The molecular formula is C14H17NO3. The summed E-state index contributed by atoms with van der Waals surface area (Å²) in [5.74, 6) is 0.427. The molecule has 1 aliphatic heterocycles. The van der Waals surface area contributed by atoms with E-state index in [-0.39, 0.29) is 5.91 Å². The Balaban J connectivity index is 1.84. The van der Waals surface area contributed by atoms with Gasteiger partial charge in [-0.2, -0.15) is 0 Å². The van der Waals surface area contributed by atoms with Crippen molar-refractivity contribution in [1.29, 1.82) is 0 Å². The molecule has 4 nitrogen and oxygen atoms in total. The molecule has 1 saturated heterocycles. The van der Waals surface area contributed by atoms with Crippen LogP contribution in [0.2, 0.25) is 0 Å². The normalized spacial score (nSPS) is 16.2. The number of carbonyl (C=O) groups excluding carboxylic acids is 2. The quantitative estimate of drug-likeness (QED) is 0.823. The van der Waals surface area contributed by atoms with Crippen LogP contribution in [0.5, 0.6) is 0 Å². The lowest BCUT2D eigenvalue weighted by Crippen LogP contribution is -2.32. The lowest BCUT2D eigenvalue weighted by molar-refractivity contribution is 0.0642. The molecule has 1 amide bonds. The molecule has 0 aliphatic carbocycles. The molecule has 0 bridgehead atoms. The number of carbonyl (C=O) groups is 2. The smallest absolute Gasteiger partial charge is 0.251 e. The van der Waals surface area contributed by atoms with Gasteiger partial charge in [-0.3, -0.25) is 9.59 Å². The Hall–Kier alpha value is -1.68. The zero-order valence-electron chi connectivity index (χ0n) is 10.2. The molecule has 2 rings (SSSR count). The summed E-state index contributed by atoms with van der Waals surface area (Å²) in [6.45, 7) is 2.26. The topological polar surface area (TPSA) is 55.4 Å². The van der Waals surface area contributed by atoms with E-state index in [1.165, 1.54) is 0 Å². The van der Waals surface area contributed by atoms with E-state index >= 15 is 0 Å². The van der Waals surface area contributed by atoms with E-state index in [4.69, 9.17) is 4.74 Å². The summed E-state index contributed by atoms with van der Waals surface area (Å²) in [5.41, 5.74) is 1.17. The van der Waals surface area contributed by atoms with Crippen molar-refractivity contribution in [3.8, 4) is 0 Å². The SMILES string of the molecule is O=Cc1ccc(C(=O)NCC2CCOCC2)cc1. The second kappa shape index (κ2) is 6.31. The maximum absolute atomic E-state index is 11.9. The van der Waals surface area contributed by atoms with Crippen molar-refractivity contribution >= 4 is 12.2 Å². The summed E-state index contributed by atoms with van der Waals surface area (Å²) in [5, 5.41) is 2.92. The van der Waals surface area contributed by atoms with Crippen LogP contribution in [-0.4, -0.2) is 32.0 Å². The monoisotopic (exact) mass is 247 g/mol. The van der Waals surface area contributed by atoms with E-state index in [0.717, 1.165) is 32.3 Å². The first-order valence-electron chi connectivity index (χ1n) is 6.21. The van der Waals surface area contributed by atoms with Crippen molar-refractivity contribution in [3.05, 3.63) is 35.4 Å². The Morgan fingerprint density at radius 1 is 1.28 bits per heavy atom. The van der Waals surface area contributed by atoms with E-state index < -0.39 is 0 Å². The van der Waals surface area contributed by atoms with Gasteiger partial charge < -0.3 is 10.1 Å². The van der Waals surface area contributed by atoms with E-state index in [0.29, 0.717) is 23.6 Å². The molecule has 4 heteroatoms. The number of aldehydes is 1. The average Bonchev–Trinajstić information content (AvgIpc) is 2.46. The van der Waals surface area contributed by atoms with Gasteiger partial charge in [0.1, 0.15) is 6.29 Å².